The molecule has 0 aliphatic carbocycles. The van der Waals surface area contributed by atoms with E-state index >= 15 is 0 Å². The lowest BCUT2D eigenvalue weighted by Crippen LogP contribution is -2.57. The van der Waals surface area contributed by atoms with Crippen molar-refractivity contribution >= 4 is 59.1 Å². The third-order valence-electron chi connectivity index (χ3n) is 4.39. The number of nitrogens with two attached hydrogens (primary N) is 1. The molecule has 1 aliphatic heterocycles. The van der Waals surface area contributed by atoms with Gasteiger partial charge in [-0.25, -0.2) is 0 Å². The largest absolute Gasteiger partial charge is 0.353 e. The monoisotopic (exact) mass is 476 g/mol. The summed E-state index contributed by atoms with van der Waals surface area (Å²) < 4.78 is 0.972. The third kappa shape index (κ3) is 7.21. The van der Waals surface area contributed by atoms with Crippen molar-refractivity contribution in [2.24, 2.45) is 5.73 Å². The number of nitrogens with one attached hydrogen (secondary N) is 1. The van der Waals surface area contributed by atoms with Gasteiger partial charge in [0.1, 0.15) is 5.54 Å². The van der Waals surface area contributed by atoms with E-state index in [0.717, 1.165) is 29.7 Å². The van der Waals surface area contributed by atoms with Gasteiger partial charge in [-0.15, -0.1) is 37.2 Å². The first-order valence-corrected chi connectivity index (χ1v) is 8.32. The Morgan fingerprint density at radius 2 is 1.80 bits per heavy atom. The van der Waals surface area contributed by atoms with Crippen LogP contribution in [0.3, 0.4) is 0 Å². The average molecular weight is 479 g/mol. The van der Waals surface area contributed by atoms with Gasteiger partial charge in [0.2, 0.25) is 5.91 Å². The van der Waals surface area contributed by atoms with Crippen molar-refractivity contribution in [2.75, 3.05) is 40.3 Å². The summed E-state index contributed by atoms with van der Waals surface area (Å²) in [4.78, 5) is 17.1. The zero-order chi connectivity index (χ0) is 16.3. The number of hydrogen-bond acceptors (Lipinski definition) is 4. The maximum absolute atomic E-state index is 12.5. The lowest BCUT2D eigenvalue weighted by atomic mass is 9.92. The molecule has 25 heavy (non-hydrogen) atoms. The molecule has 2 rings (SSSR count). The number of benzene rings is 1. The van der Waals surface area contributed by atoms with E-state index in [4.69, 9.17) is 5.73 Å². The molecule has 1 amide bonds. The van der Waals surface area contributed by atoms with Gasteiger partial charge in [-0.1, -0.05) is 28.1 Å². The second-order valence-corrected chi connectivity index (χ2v) is 7.23. The van der Waals surface area contributed by atoms with Gasteiger partial charge in [-0.2, -0.15) is 0 Å². The Morgan fingerprint density at radius 3 is 2.36 bits per heavy atom. The molecule has 0 radical (unpaired) electrons. The summed E-state index contributed by atoms with van der Waals surface area (Å²) >= 11 is 3.39. The fraction of sp³-hybridized carbons (Fsp3) is 0.562. The van der Waals surface area contributed by atoms with Crippen LogP contribution in [0.2, 0.25) is 0 Å². The van der Waals surface area contributed by atoms with Gasteiger partial charge >= 0.3 is 0 Å². The van der Waals surface area contributed by atoms with Gasteiger partial charge in [-0.3, -0.25) is 9.69 Å². The van der Waals surface area contributed by atoms with E-state index < -0.39 is 5.54 Å². The van der Waals surface area contributed by atoms with Gasteiger partial charge < -0.3 is 16.0 Å². The fourth-order valence-electron chi connectivity index (χ4n) is 2.64. The van der Waals surface area contributed by atoms with Crippen molar-refractivity contribution in [1.82, 2.24) is 15.1 Å². The molecule has 1 aliphatic rings. The first kappa shape index (κ1) is 27.1. The zero-order valence-electron chi connectivity index (χ0n) is 14.7. The van der Waals surface area contributed by atoms with Crippen LogP contribution in [0.15, 0.2) is 28.7 Å². The van der Waals surface area contributed by atoms with Crippen LogP contribution < -0.4 is 11.1 Å². The Kier molecular flexibility index (Phi) is 12.6. The molecule has 146 valence electrons. The SMILES string of the molecule is CN1CCN(C)C(CNC(=O)C(C)(N)c2ccc(Br)cc2)C1.Cl.Cl.Cl. The lowest BCUT2D eigenvalue weighted by molar-refractivity contribution is -0.126. The highest BCUT2D eigenvalue weighted by Gasteiger charge is 2.31. The van der Waals surface area contributed by atoms with Crippen LogP contribution in [-0.2, 0) is 10.3 Å². The average Bonchev–Trinajstić information content (AvgIpc) is 2.48. The Hall–Kier alpha value is -0.0800. The molecule has 5 nitrogen and oxygen atoms in total. The lowest BCUT2D eigenvalue weighted by Gasteiger charge is -2.38. The summed E-state index contributed by atoms with van der Waals surface area (Å²) in [6.07, 6.45) is 0. The Balaban J connectivity index is 0. The molecule has 0 spiro atoms. The number of nitrogens with zero attached hydrogens (tertiary/aromatic N) is 2. The second kappa shape index (κ2) is 11.6. The third-order valence-corrected chi connectivity index (χ3v) is 4.92. The van der Waals surface area contributed by atoms with E-state index in [2.05, 4.69) is 45.1 Å². The molecular weight excluding hydrogens is 450 g/mol. The quantitative estimate of drug-likeness (QED) is 0.697. The number of piperazine rings is 1. The molecule has 2 atom stereocenters. The van der Waals surface area contributed by atoms with Crippen molar-refractivity contribution in [3.8, 4) is 0 Å². The fourth-order valence-corrected chi connectivity index (χ4v) is 2.91. The van der Waals surface area contributed by atoms with Gasteiger partial charge in [-0.05, 0) is 38.7 Å². The minimum atomic E-state index is -1.03. The molecule has 3 N–H and O–H groups in total. The van der Waals surface area contributed by atoms with E-state index in [1.54, 1.807) is 6.92 Å². The smallest absolute Gasteiger partial charge is 0.244 e. The number of rotatable bonds is 4. The van der Waals surface area contributed by atoms with E-state index in [1.807, 2.05) is 24.3 Å². The zero-order valence-corrected chi connectivity index (χ0v) is 18.7. The molecule has 9 heteroatoms. The van der Waals surface area contributed by atoms with Crippen molar-refractivity contribution in [3.63, 3.8) is 0 Å². The van der Waals surface area contributed by atoms with Crippen LogP contribution >= 0.6 is 53.2 Å². The van der Waals surface area contributed by atoms with Crippen molar-refractivity contribution in [1.29, 1.82) is 0 Å². The molecule has 1 aromatic carbocycles. The minimum absolute atomic E-state index is 0. The van der Waals surface area contributed by atoms with E-state index in [1.165, 1.54) is 0 Å². The van der Waals surface area contributed by atoms with E-state index in [-0.39, 0.29) is 43.1 Å². The maximum Gasteiger partial charge on any atom is 0.244 e. The van der Waals surface area contributed by atoms with Crippen LogP contribution in [0.1, 0.15) is 12.5 Å². The predicted molar refractivity (Wildman–Crippen MR) is 114 cm³/mol. The highest BCUT2D eigenvalue weighted by Crippen LogP contribution is 2.20. The predicted octanol–water partition coefficient (Wildman–Crippen LogP) is 2.25. The molecule has 0 bridgehead atoms. The van der Waals surface area contributed by atoms with Gasteiger partial charge in [0, 0.05) is 36.7 Å². The minimum Gasteiger partial charge on any atom is -0.353 e. The Bertz CT molecular complexity index is 531. The molecule has 0 aromatic heterocycles. The Labute approximate surface area is 177 Å². The summed E-state index contributed by atoms with van der Waals surface area (Å²) in [6.45, 7) is 5.40. The van der Waals surface area contributed by atoms with Crippen LogP contribution in [-0.4, -0.2) is 62.0 Å². The molecular formula is C16H28BrCl3N4O. The number of carbonyl (C=O) groups is 1. The van der Waals surface area contributed by atoms with Crippen LogP contribution in [0.25, 0.3) is 0 Å². The summed E-state index contributed by atoms with van der Waals surface area (Å²) in [5, 5.41) is 3.01. The topological polar surface area (TPSA) is 61.6 Å². The van der Waals surface area contributed by atoms with Gasteiger partial charge in [0.25, 0.3) is 0 Å². The summed E-state index contributed by atoms with van der Waals surface area (Å²) in [5.74, 6) is -0.142. The van der Waals surface area contributed by atoms with Crippen LogP contribution in [0, 0.1) is 0 Å². The number of halogens is 4. The van der Waals surface area contributed by atoms with E-state index in [9.17, 15) is 4.79 Å². The second-order valence-electron chi connectivity index (χ2n) is 6.32. The van der Waals surface area contributed by atoms with Gasteiger partial charge in [0.15, 0.2) is 0 Å². The Morgan fingerprint density at radius 1 is 1.24 bits per heavy atom. The summed E-state index contributed by atoms with van der Waals surface area (Å²) in [6, 6.07) is 7.88. The number of amides is 1. The first-order chi connectivity index (χ1) is 10.3. The molecule has 1 fully saturated rings. The van der Waals surface area contributed by atoms with Crippen molar-refractivity contribution in [3.05, 3.63) is 34.3 Å². The maximum atomic E-state index is 12.5. The molecule has 1 saturated heterocycles. The molecule has 1 aromatic rings. The number of likely N-dealkylation sites (N-methyl/N-ethyl adjacent to an activating group) is 2. The first-order valence-electron chi connectivity index (χ1n) is 7.52. The van der Waals surface area contributed by atoms with E-state index in [0.29, 0.717) is 12.6 Å². The highest BCUT2D eigenvalue weighted by molar-refractivity contribution is 9.10. The molecule has 1 heterocycles. The molecule has 0 saturated carbocycles. The number of hydrogen-bond donors (Lipinski definition) is 2. The normalized spacial score (nSPS) is 20.3. The summed E-state index contributed by atoms with van der Waals surface area (Å²) in [5.41, 5.74) is 6.04. The standard InChI is InChI=1S/C16H25BrN4O.3ClH/c1-16(18,12-4-6-13(17)7-5-12)15(22)19-10-14-11-20(2)8-9-21(14)3;;;/h4-7,14H,8-11,18H2,1-3H3,(H,19,22);3*1H. The number of carbonyl (C=O) groups excluding carboxylic acids is 1. The van der Waals surface area contributed by atoms with Gasteiger partial charge in [0.05, 0.1) is 0 Å². The highest BCUT2D eigenvalue weighted by atomic mass is 79.9. The molecule has 2 unspecified atom stereocenters. The van der Waals surface area contributed by atoms with Crippen LogP contribution in [0.4, 0.5) is 0 Å². The van der Waals surface area contributed by atoms with Crippen molar-refractivity contribution < 1.29 is 4.79 Å². The van der Waals surface area contributed by atoms with Crippen LogP contribution in [0.5, 0.6) is 0 Å². The van der Waals surface area contributed by atoms with Crippen molar-refractivity contribution in [2.45, 2.75) is 18.5 Å². The summed E-state index contributed by atoms with van der Waals surface area (Å²) in [7, 11) is 4.21.